The van der Waals surface area contributed by atoms with Gasteiger partial charge in [0.2, 0.25) is 0 Å². The predicted octanol–water partition coefficient (Wildman–Crippen LogP) is 3.57. The van der Waals surface area contributed by atoms with Crippen LogP contribution >= 0.6 is 11.8 Å². The predicted molar refractivity (Wildman–Crippen MR) is 101 cm³/mol. The molecule has 1 aliphatic carbocycles. The van der Waals surface area contributed by atoms with Gasteiger partial charge in [-0.05, 0) is 31.0 Å². The highest BCUT2D eigenvalue weighted by atomic mass is 32.2. The van der Waals surface area contributed by atoms with Crippen molar-refractivity contribution in [1.82, 2.24) is 5.32 Å². The maximum absolute atomic E-state index is 14.7. The number of hydrogen-bond donors (Lipinski definition) is 3. The highest BCUT2D eigenvalue weighted by molar-refractivity contribution is 8.13. The number of nitrogens with one attached hydrogen (secondary N) is 1. The van der Waals surface area contributed by atoms with E-state index in [1.165, 1.54) is 23.9 Å². The van der Waals surface area contributed by atoms with Crippen LogP contribution in [0.3, 0.4) is 0 Å². The Hall–Kier alpha value is -1.80. The first-order chi connectivity index (χ1) is 12.4. The molecular weight excluding hydrogens is 357 g/mol. The number of halogens is 1. The van der Waals surface area contributed by atoms with Crippen molar-refractivity contribution in [3.8, 4) is 0 Å². The molecule has 1 fully saturated rings. The topological polar surface area (TPSA) is 96.9 Å². The first-order valence-electron chi connectivity index (χ1n) is 8.84. The summed E-state index contributed by atoms with van der Waals surface area (Å²) in [5, 5.41) is 11.7. The fraction of sp³-hybridized carbons (Fsp3) is 0.556. The Labute approximate surface area is 156 Å². The number of fused-ring (bicyclic) bond motifs is 1. The average molecular weight is 381 g/mol. The van der Waals surface area contributed by atoms with Gasteiger partial charge in [0.15, 0.2) is 5.17 Å². The number of thioether (sulfide) groups is 1. The summed E-state index contributed by atoms with van der Waals surface area (Å²) in [5.41, 5.74) is 5.94. The molecule has 0 aromatic heterocycles. The lowest BCUT2D eigenvalue weighted by Crippen LogP contribution is -2.40. The number of anilines is 1. The molecule has 3 unspecified atom stereocenters. The summed E-state index contributed by atoms with van der Waals surface area (Å²) in [6.07, 6.45) is 2.12. The van der Waals surface area contributed by atoms with E-state index in [0.717, 1.165) is 19.3 Å². The number of benzene rings is 1. The molecule has 6 nitrogen and oxygen atoms in total. The van der Waals surface area contributed by atoms with Crippen LogP contribution in [0.25, 0.3) is 0 Å². The zero-order valence-corrected chi connectivity index (χ0v) is 15.5. The molecule has 0 spiro atoms. The van der Waals surface area contributed by atoms with Crippen LogP contribution in [0.1, 0.15) is 38.2 Å². The third kappa shape index (κ3) is 3.81. The molecule has 8 heteroatoms. The van der Waals surface area contributed by atoms with Gasteiger partial charge in [-0.1, -0.05) is 25.1 Å². The monoisotopic (exact) mass is 381 g/mol. The molecule has 3 rings (SSSR count). The van der Waals surface area contributed by atoms with Gasteiger partial charge in [-0.2, -0.15) is 0 Å². The quantitative estimate of drug-likeness (QED) is 0.535. The maximum atomic E-state index is 14.7. The number of nitrogen functional groups attached to an aromatic ring is 1. The van der Waals surface area contributed by atoms with Gasteiger partial charge < -0.3 is 15.6 Å². The lowest BCUT2D eigenvalue weighted by molar-refractivity contribution is 0.0513. The smallest absolute Gasteiger partial charge is 0.410 e. The summed E-state index contributed by atoms with van der Waals surface area (Å²) in [4.78, 5) is 15.7. The van der Waals surface area contributed by atoms with Crippen molar-refractivity contribution in [3.05, 3.63) is 29.6 Å². The number of nitrogens with two attached hydrogens (primary N) is 1. The van der Waals surface area contributed by atoms with Crippen molar-refractivity contribution in [1.29, 1.82) is 0 Å². The number of hydrogen-bond acceptors (Lipinski definition) is 5. The van der Waals surface area contributed by atoms with Gasteiger partial charge in [0.05, 0.1) is 11.6 Å². The standard InChI is InChI=1S/C18H24FN3O3S/c1-2-3-6-25-13-7-11-10-26-16(21-17(23)24)22-18(11,9-13)14-8-12(20)4-5-15(14)19/h4-5,8,11,13H,2-3,6-7,9-10,20H2,1H3,(H,21,22)(H,23,24). The Morgan fingerprint density at radius 1 is 1.58 bits per heavy atom. The minimum Gasteiger partial charge on any atom is -0.465 e. The fourth-order valence-corrected chi connectivity index (χ4v) is 4.94. The van der Waals surface area contributed by atoms with E-state index in [1.54, 1.807) is 6.07 Å². The van der Waals surface area contributed by atoms with Gasteiger partial charge in [0.25, 0.3) is 0 Å². The van der Waals surface area contributed by atoms with E-state index in [1.807, 2.05) is 0 Å². The number of nitrogens with zero attached hydrogens (tertiary/aromatic N) is 1. The van der Waals surface area contributed by atoms with Crippen molar-refractivity contribution in [2.24, 2.45) is 10.9 Å². The van der Waals surface area contributed by atoms with E-state index in [-0.39, 0.29) is 17.8 Å². The molecule has 2 aliphatic rings. The summed E-state index contributed by atoms with van der Waals surface area (Å²) in [7, 11) is 0. The van der Waals surface area contributed by atoms with Crippen molar-refractivity contribution in [2.45, 2.75) is 44.2 Å². The zero-order valence-electron chi connectivity index (χ0n) is 14.7. The average Bonchev–Trinajstić information content (AvgIpc) is 2.95. The molecule has 0 saturated heterocycles. The number of amidine groups is 1. The van der Waals surface area contributed by atoms with E-state index >= 15 is 0 Å². The molecule has 0 bridgehead atoms. The van der Waals surface area contributed by atoms with E-state index in [2.05, 4.69) is 17.2 Å². The second kappa shape index (κ2) is 7.84. The normalized spacial score (nSPS) is 27.7. The highest BCUT2D eigenvalue weighted by Crippen LogP contribution is 2.52. The maximum Gasteiger partial charge on any atom is 0.410 e. The number of aliphatic imine (C=N–C) groups is 1. The summed E-state index contributed by atoms with van der Waals surface area (Å²) < 4.78 is 20.7. The molecule has 1 heterocycles. The SMILES string of the molecule is CCCCOC1CC2CSC(NC(=O)O)=NC2(c2cc(N)ccc2F)C1. The first kappa shape index (κ1) is 19.0. The lowest BCUT2D eigenvalue weighted by atomic mass is 9.81. The summed E-state index contributed by atoms with van der Waals surface area (Å²) in [6, 6.07) is 4.49. The van der Waals surface area contributed by atoms with Gasteiger partial charge in [0.1, 0.15) is 5.82 Å². The van der Waals surface area contributed by atoms with Crippen LogP contribution in [0.4, 0.5) is 14.9 Å². The summed E-state index contributed by atoms with van der Waals surface area (Å²) in [5.74, 6) is 0.347. The van der Waals surface area contributed by atoms with E-state index in [4.69, 9.17) is 15.6 Å². The molecular formula is C18H24FN3O3S. The van der Waals surface area contributed by atoms with Crippen LogP contribution in [-0.2, 0) is 10.3 Å². The van der Waals surface area contributed by atoms with E-state index in [0.29, 0.717) is 35.2 Å². The Morgan fingerprint density at radius 3 is 3.12 bits per heavy atom. The van der Waals surface area contributed by atoms with Crippen LogP contribution in [0, 0.1) is 11.7 Å². The molecule has 142 valence electrons. The molecule has 1 aromatic rings. The van der Waals surface area contributed by atoms with Gasteiger partial charge >= 0.3 is 6.09 Å². The van der Waals surface area contributed by atoms with Crippen LogP contribution < -0.4 is 11.1 Å². The number of unbranched alkanes of at least 4 members (excludes halogenated alkanes) is 1. The van der Waals surface area contributed by atoms with Crippen LogP contribution in [-0.4, -0.2) is 34.8 Å². The minimum absolute atomic E-state index is 0.0269. The molecule has 1 saturated carbocycles. The van der Waals surface area contributed by atoms with Crippen molar-refractivity contribution in [2.75, 3.05) is 18.1 Å². The highest BCUT2D eigenvalue weighted by Gasteiger charge is 2.52. The molecule has 4 N–H and O–H groups in total. The molecule has 26 heavy (non-hydrogen) atoms. The molecule has 1 aromatic carbocycles. The van der Waals surface area contributed by atoms with Crippen molar-refractivity contribution < 1.29 is 19.0 Å². The Balaban J connectivity index is 1.97. The summed E-state index contributed by atoms with van der Waals surface area (Å²) in [6.45, 7) is 2.77. The number of rotatable bonds is 5. The van der Waals surface area contributed by atoms with E-state index < -0.39 is 11.6 Å². The van der Waals surface area contributed by atoms with Crippen molar-refractivity contribution >= 4 is 28.7 Å². The third-order valence-electron chi connectivity index (χ3n) is 5.01. The van der Waals surface area contributed by atoms with E-state index in [9.17, 15) is 9.18 Å². The minimum atomic E-state index is -1.17. The number of carboxylic acid groups (broad SMARTS) is 1. The largest absolute Gasteiger partial charge is 0.465 e. The second-order valence-electron chi connectivity index (χ2n) is 6.80. The Bertz CT molecular complexity index is 715. The number of amides is 1. The molecule has 3 atom stereocenters. The molecule has 0 radical (unpaired) electrons. The molecule has 1 amide bonds. The Morgan fingerprint density at radius 2 is 2.38 bits per heavy atom. The van der Waals surface area contributed by atoms with Crippen LogP contribution in [0.2, 0.25) is 0 Å². The fourth-order valence-electron chi connectivity index (χ4n) is 3.79. The van der Waals surface area contributed by atoms with Gasteiger partial charge in [-0.25, -0.2) is 9.18 Å². The third-order valence-corrected chi connectivity index (χ3v) is 6.04. The Kier molecular flexibility index (Phi) is 5.72. The van der Waals surface area contributed by atoms with Gasteiger partial charge in [0, 0.05) is 35.9 Å². The first-order valence-corrected chi connectivity index (χ1v) is 9.83. The lowest BCUT2D eigenvalue weighted by Gasteiger charge is -2.36. The number of carbonyl (C=O) groups is 1. The van der Waals surface area contributed by atoms with Crippen LogP contribution in [0.15, 0.2) is 23.2 Å². The van der Waals surface area contributed by atoms with Gasteiger partial charge in [-0.15, -0.1) is 0 Å². The van der Waals surface area contributed by atoms with Gasteiger partial charge in [-0.3, -0.25) is 10.3 Å². The molecule has 1 aliphatic heterocycles. The zero-order chi connectivity index (χ0) is 18.7. The van der Waals surface area contributed by atoms with Crippen LogP contribution in [0.5, 0.6) is 0 Å². The van der Waals surface area contributed by atoms with Crippen molar-refractivity contribution in [3.63, 3.8) is 0 Å². The number of ether oxygens (including phenoxy) is 1. The summed E-state index contributed by atoms with van der Waals surface area (Å²) >= 11 is 1.35. The second-order valence-corrected chi connectivity index (χ2v) is 7.81.